The molecule has 128 valence electrons. The number of fused-ring (bicyclic) bond motifs is 1. The zero-order valence-electron chi connectivity index (χ0n) is 13.7. The maximum Gasteiger partial charge on any atom is 0.0890 e. The SMILES string of the molecule is Clc1cncc(NCc2ccc3nccnc3c2)c1N1CCNCC1. The fraction of sp³-hybridized carbons (Fsp3) is 0.278. The normalized spacial score (nSPS) is 14.7. The minimum Gasteiger partial charge on any atom is -0.378 e. The first kappa shape index (κ1) is 16.1. The van der Waals surface area contributed by atoms with Gasteiger partial charge < -0.3 is 15.5 Å². The van der Waals surface area contributed by atoms with Gasteiger partial charge in [-0.2, -0.15) is 0 Å². The topological polar surface area (TPSA) is 66.0 Å². The molecule has 0 amide bonds. The van der Waals surface area contributed by atoms with E-state index in [0.29, 0.717) is 11.6 Å². The summed E-state index contributed by atoms with van der Waals surface area (Å²) in [5, 5.41) is 7.52. The number of piperazine rings is 1. The van der Waals surface area contributed by atoms with Gasteiger partial charge in [0, 0.05) is 51.3 Å². The summed E-state index contributed by atoms with van der Waals surface area (Å²) in [5.74, 6) is 0. The van der Waals surface area contributed by atoms with Crippen molar-refractivity contribution in [1.29, 1.82) is 0 Å². The van der Waals surface area contributed by atoms with Crippen LogP contribution in [0.3, 0.4) is 0 Å². The minimum absolute atomic E-state index is 0.674. The van der Waals surface area contributed by atoms with Crippen molar-refractivity contribution in [1.82, 2.24) is 20.3 Å². The molecular formula is C18H19ClN6. The van der Waals surface area contributed by atoms with Crippen LogP contribution in [0.15, 0.2) is 43.0 Å². The van der Waals surface area contributed by atoms with Gasteiger partial charge in [0.1, 0.15) is 0 Å². The van der Waals surface area contributed by atoms with Crippen LogP contribution in [0, 0.1) is 0 Å². The maximum atomic E-state index is 6.44. The van der Waals surface area contributed by atoms with Crippen molar-refractivity contribution in [2.45, 2.75) is 6.54 Å². The number of halogens is 1. The van der Waals surface area contributed by atoms with Gasteiger partial charge in [0.15, 0.2) is 0 Å². The number of pyridine rings is 1. The zero-order chi connectivity index (χ0) is 17.1. The van der Waals surface area contributed by atoms with Gasteiger partial charge >= 0.3 is 0 Å². The van der Waals surface area contributed by atoms with Crippen molar-refractivity contribution in [3.63, 3.8) is 0 Å². The molecule has 2 N–H and O–H groups in total. The molecule has 6 nitrogen and oxygen atoms in total. The molecule has 1 fully saturated rings. The van der Waals surface area contributed by atoms with Crippen LogP contribution in [-0.2, 0) is 6.54 Å². The van der Waals surface area contributed by atoms with E-state index in [2.05, 4.69) is 42.6 Å². The number of nitrogens with zero attached hydrogens (tertiary/aromatic N) is 4. The van der Waals surface area contributed by atoms with E-state index < -0.39 is 0 Å². The lowest BCUT2D eigenvalue weighted by Crippen LogP contribution is -2.43. The second-order valence-electron chi connectivity index (χ2n) is 5.99. The van der Waals surface area contributed by atoms with Crippen molar-refractivity contribution < 1.29 is 0 Å². The Morgan fingerprint density at radius 2 is 1.88 bits per heavy atom. The molecule has 1 aliphatic heterocycles. The Bertz CT molecular complexity index is 878. The Morgan fingerprint density at radius 3 is 2.72 bits per heavy atom. The maximum absolute atomic E-state index is 6.44. The second-order valence-corrected chi connectivity index (χ2v) is 6.39. The van der Waals surface area contributed by atoms with E-state index >= 15 is 0 Å². The molecule has 0 spiro atoms. The molecule has 0 bridgehead atoms. The molecule has 3 aromatic rings. The Labute approximate surface area is 151 Å². The summed E-state index contributed by atoms with van der Waals surface area (Å²) in [4.78, 5) is 15.2. The van der Waals surface area contributed by atoms with Crippen molar-refractivity contribution in [3.8, 4) is 0 Å². The molecule has 1 aromatic carbocycles. The second kappa shape index (κ2) is 7.21. The summed E-state index contributed by atoms with van der Waals surface area (Å²) in [6.45, 7) is 4.46. The summed E-state index contributed by atoms with van der Waals surface area (Å²) in [5.41, 5.74) is 4.91. The van der Waals surface area contributed by atoms with Crippen LogP contribution >= 0.6 is 11.6 Å². The average molecular weight is 355 g/mol. The van der Waals surface area contributed by atoms with Crippen LogP contribution in [0.25, 0.3) is 11.0 Å². The third-order valence-corrected chi connectivity index (χ3v) is 4.60. The van der Waals surface area contributed by atoms with Crippen molar-refractivity contribution in [3.05, 3.63) is 53.6 Å². The van der Waals surface area contributed by atoms with Gasteiger partial charge in [-0.05, 0) is 17.7 Å². The fourth-order valence-corrected chi connectivity index (χ4v) is 3.36. The summed E-state index contributed by atoms with van der Waals surface area (Å²) in [6.07, 6.45) is 6.96. The van der Waals surface area contributed by atoms with E-state index in [1.54, 1.807) is 18.6 Å². The Balaban J connectivity index is 1.56. The molecule has 2 aromatic heterocycles. The highest BCUT2D eigenvalue weighted by molar-refractivity contribution is 6.33. The van der Waals surface area contributed by atoms with Crippen LogP contribution in [-0.4, -0.2) is 41.1 Å². The quantitative estimate of drug-likeness (QED) is 0.751. The molecule has 4 rings (SSSR count). The molecular weight excluding hydrogens is 336 g/mol. The Morgan fingerprint density at radius 1 is 1.08 bits per heavy atom. The minimum atomic E-state index is 0.674. The van der Waals surface area contributed by atoms with E-state index in [9.17, 15) is 0 Å². The number of hydrogen-bond donors (Lipinski definition) is 2. The molecule has 0 saturated carbocycles. The third kappa shape index (κ3) is 3.50. The number of aromatic nitrogens is 3. The molecule has 0 atom stereocenters. The lowest BCUT2D eigenvalue weighted by molar-refractivity contribution is 0.589. The fourth-order valence-electron chi connectivity index (χ4n) is 3.08. The standard InChI is InChI=1S/C18H19ClN6/c19-14-11-21-12-17(18(14)25-7-5-20-6-8-25)24-10-13-1-2-15-16(9-13)23-4-3-22-15/h1-4,9,11-12,20,24H,5-8,10H2. The smallest absolute Gasteiger partial charge is 0.0890 e. The first-order chi connectivity index (χ1) is 12.3. The van der Waals surface area contributed by atoms with Gasteiger partial charge in [0.2, 0.25) is 0 Å². The third-order valence-electron chi connectivity index (χ3n) is 4.32. The van der Waals surface area contributed by atoms with Gasteiger partial charge in [-0.25, -0.2) is 0 Å². The summed E-state index contributed by atoms with van der Waals surface area (Å²) >= 11 is 6.44. The number of nitrogens with one attached hydrogen (secondary N) is 2. The van der Waals surface area contributed by atoms with E-state index in [-0.39, 0.29) is 0 Å². The van der Waals surface area contributed by atoms with Crippen molar-refractivity contribution in [2.24, 2.45) is 0 Å². The summed E-state index contributed by atoms with van der Waals surface area (Å²) in [6, 6.07) is 6.11. The summed E-state index contributed by atoms with van der Waals surface area (Å²) < 4.78 is 0. The highest BCUT2D eigenvalue weighted by atomic mass is 35.5. The molecule has 1 aliphatic rings. The van der Waals surface area contributed by atoms with Gasteiger partial charge in [0.25, 0.3) is 0 Å². The molecule has 3 heterocycles. The Kier molecular flexibility index (Phi) is 4.63. The first-order valence-corrected chi connectivity index (χ1v) is 8.72. The van der Waals surface area contributed by atoms with Crippen LogP contribution < -0.4 is 15.5 Å². The molecule has 1 saturated heterocycles. The van der Waals surface area contributed by atoms with Crippen LogP contribution in [0.4, 0.5) is 11.4 Å². The lowest BCUT2D eigenvalue weighted by atomic mass is 10.2. The number of hydrogen-bond acceptors (Lipinski definition) is 6. The average Bonchev–Trinajstić information content (AvgIpc) is 2.67. The van der Waals surface area contributed by atoms with Crippen LogP contribution in [0.2, 0.25) is 5.02 Å². The Hall–Kier alpha value is -2.44. The van der Waals surface area contributed by atoms with Gasteiger partial charge in [-0.15, -0.1) is 0 Å². The van der Waals surface area contributed by atoms with Gasteiger partial charge in [-0.1, -0.05) is 17.7 Å². The zero-order valence-corrected chi connectivity index (χ0v) is 14.5. The largest absolute Gasteiger partial charge is 0.378 e. The van der Waals surface area contributed by atoms with Gasteiger partial charge in [0.05, 0.1) is 33.6 Å². The molecule has 0 radical (unpaired) electrons. The molecule has 25 heavy (non-hydrogen) atoms. The highest BCUT2D eigenvalue weighted by Gasteiger charge is 2.17. The highest BCUT2D eigenvalue weighted by Crippen LogP contribution is 2.33. The number of anilines is 2. The number of benzene rings is 1. The molecule has 0 unspecified atom stereocenters. The van der Waals surface area contributed by atoms with Crippen LogP contribution in [0.1, 0.15) is 5.56 Å². The molecule has 7 heteroatoms. The van der Waals surface area contributed by atoms with Gasteiger partial charge in [-0.3, -0.25) is 15.0 Å². The van der Waals surface area contributed by atoms with Crippen molar-refractivity contribution >= 4 is 34.0 Å². The number of rotatable bonds is 4. The summed E-state index contributed by atoms with van der Waals surface area (Å²) in [7, 11) is 0. The van der Waals surface area contributed by atoms with Crippen LogP contribution in [0.5, 0.6) is 0 Å². The lowest BCUT2D eigenvalue weighted by Gasteiger charge is -2.31. The first-order valence-electron chi connectivity index (χ1n) is 8.34. The van der Waals surface area contributed by atoms with Crippen molar-refractivity contribution in [2.75, 3.05) is 36.4 Å². The van der Waals surface area contributed by atoms with E-state index in [4.69, 9.17) is 11.6 Å². The monoisotopic (exact) mass is 354 g/mol. The predicted molar refractivity (Wildman–Crippen MR) is 101 cm³/mol. The van der Waals surface area contributed by atoms with E-state index in [1.165, 1.54) is 0 Å². The predicted octanol–water partition coefficient (Wildman–Crippen LogP) is 2.70. The van der Waals surface area contributed by atoms with E-state index in [0.717, 1.165) is 54.2 Å². The molecule has 0 aliphatic carbocycles. The van der Waals surface area contributed by atoms with E-state index in [1.807, 2.05) is 12.3 Å².